The Morgan fingerprint density at radius 1 is 1.14 bits per heavy atom. The molecule has 0 spiro atoms. The highest BCUT2D eigenvalue weighted by Gasteiger charge is 2.18. The van der Waals surface area contributed by atoms with Crippen LogP contribution in [0.1, 0.15) is 63.4 Å². The van der Waals surface area contributed by atoms with Gasteiger partial charge >= 0.3 is 6.03 Å². The molecule has 0 aromatic carbocycles. The van der Waals surface area contributed by atoms with Crippen LogP contribution in [-0.2, 0) is 6.54 Å². The molecule has 2 amide bonds. The molecular weight excluding hydrogens is 350 g/mol. The minimum Gasteiger partial charge on any atom is -0.356 e. The first-order valence-electron chi connectivity index (χ1n) is 11.1. The number of amides is 2. The van der Waals surface area contributed by atoms with Crippen LogP contribution in [0.15, 0.2) is 18.3 Å². The lowest BCUT2D eigenvalue weighted by molar-refractivity contribution is 0.189. The lowest BCUT2D eigenvalue weighted by Crippen LogP contribution is -2.39. The number of anilines is 1. The molecule has 0 radical (unpaired) electrons. The van der Waals surface area contributed by atoms with Gasteiger partial charge in [-0.25, -0.2) is 9.78 Å². The van der Waals surface area contributed by atoms with Crippen LogP contribution in [0.2, 0.25) is 0 Å². The van der Waals surface area contributed by atoms with Crippen LogP contribution in [-0.4, -0.2) is 55.2 Å². The van der Waals surface area contributed by atoms with Crippen LogP contribution in [0.25, 0.3) is 0 Å². The molecule has 2 fully saturated rings. The second-order valence-corrected chi connectivity index (χ2v) is 8.27. The van der Waals surface area contributed by atoms with Gasteiger partial charge in [0.05, 0.1) is 0 Å². The standard InChI is InChI=1S/C22H37N5O/c1-26(20-11-4-2-5-12-20)15-9-14-24-22(28)25-18-19-10-8-13-23-21(19)27-16-6-3-7-17-27/h8,10,13,20H,2-7,9,11-12,14-18H2,1H3,(H2,24,25,28). The third-order valence-electron chi connectivity index (χ3n) is 6.13. The van der Waals surface area contributed by atoms with Crippen molar-refractivity contribution in [2.75, 3.05) is 38.1 Å². The van der Waals surface area contributed by atoms with Crippen molar-refractivity contribution in [3.05, 3.63) is 23.9 Å². The van der Waals surface area contributed by atoms with E-state index in [9.17, 15) is 4.79 Å². The Bertz CT molecular complexity index is 596. The maximum atomic E-state index is 12.2. The number of hydrogen-bond donors (Lipinski definition) is 2. The minimum absolute atomic E-state index is 0.0891. The number of carbonyl (C=O) groups is 1. The molecule has 2 aliphatic rings. The number of nitrogens with one attached hydrogen (secondary N) is 2. The van der Waals surface area contributed by atoms with E-state index in [1.807, 2.05) is 12.3 Å². The predicted octanol–water partition coefficient (Wildman–Crippen LogP) is 3.53. The number of nitrogens with zero attached hydrogens (tertiary/aromatic N) is 3. The van der Waals surface area contributed by atoms with Gasteiger partial charge in [-0.05, 0) is 58.2 Å². The van der Waals surface area contributed by atoms with Crippen LogP contribution < -0.4 is 15.5 Å². The Hall–Kier alpha value is -1.82. The number of hydrogen-bond acceptors (Lipinski definition) is 4. The molecule has 1 aliphatic heterocycles. The number of carbonyl (C=O) groups excluding carboxylic acids is 1. The second-order valence-electron chi connectivity index (χ2n) is 8.27. The topological polar surface area (TPSA) is 60.5 Å². The zero-order valence-electron chi connectivity index (χ0n) is 17.5. The third kappa shape index (κ3) is 6.36. The Kier molecular flexibility index (Phi) is 8.40. The van der Waals surface area contributed by atoms with Gasteiger partial charge in [0, 0.05) is 44.0 Å². The second kappa shape index (κ2) is 11.2. The zero-order chi connectivity index (χ0) is 19.6. The number of aromatic nitrogens is 1. The molecular formula is C22H37N5O. The summed E-state index contributed by atoms with van der Waals surface area (Å²) < 4.78 is 0. The van der Waals surface area contributed by atoms with E-state index < -0.39 is 0 Å². The number of piperidine rings is 1. The van der Waals surface area contributed by atoms with Crippen molar-refractivity contribution in [3.63, 3.8) is 0 Å². The molecule has 0 bridgehead atoms. The predicted molar refractivity (Wildman–Crippen MR) is 115 cm³/mol. The first-order chi connectivity index (χ1) is 13.7. The summed E-state index contributed by atoms with van der Waals surface area (Å²) in [5.74, 6) is 1.02. The van der Waals surface area contributed by atoms with Crippen LogP contribution in [0, 0.1) is 0 Å². The largest absolute Gasteiger partial charge is 0.356 e. The van der Waals surface area contributed by atoms with E-state index in [-0.39, 0.29) is 6.03 Å². The molecule has 3 rings (SSSR count). The van der Waals surface area contributed by atoms with Gasteiger partial charge < -0.3 is 20.4 Å². The Morgan fingerprint density at radius 3 is 2.68 bits per heavy atom. The average Bonchev–Trinajstić information content (AvgIpc) is 2.76. The van der Waals surface area contributed by atoms with Crippen molar-refractivity contribution in [3.8, 4) is 0 Å². The summed E-state index contributed by atoms with van der Waals surface area (Å²) in [5, 5.41) is 6.00. The van der Waals surface area contributed by atoms with E-state index in [2.05, 4.69) is 38.5 Å². The average molecular weight is 388 g/mol. The summed E-state index contributed by atoms with van der Waals surface area (Å²) in [6, 6.07) is 4.66. The highest BCUT2D eigenvalue weighted by atomic mass is 16.2. The van der Waals surface area contributed by atoms with E-state index in [0.717, 1.165) is 50.0 Å². The van der Waals surface area contributed by atoms with Gasteiger partial charge in [0.25, 0.3) is 0 Å². The summed E-state index contributed by atoms with van der Waals surface area (Å²) in [7, 11) is 2.22. The fourth-order valence-electron chi connectivity index (χ4n) is 4.43. The van der Waals surface area contributed by atoms with Gasteiger partial charge in [-0.2, -0.15) is 0 Å². The number of pyridine rings is 1. The van der Waals surface area contributed by atoms with Gasteiger partial charge in [0.15, 0.2) is 0 Å². The van der Waals surface area contributed by atoms with Crippen molar-refractivity contribution < 1.29 is 4.79 Å². The first kappa shape index (κ1) is 20.9. The summed E-state index contributed by atoms with van der Waals surface area (Å²) in [5.41, 5.74) is 1.09. The number of rotatable bonds is 8. The summed E-state index contributed by atoms with van der Waals surface area (Å²) in [6.45, 7) is 4.41. The lowest BCUT2D eigenvalue weighted by Gasteiger charge is -2.31. The quantitative estimate of drug-likeness (QED) is 0.670. The van der Waals surface area contributed by atoms with Crippen molar-refractivity contribution >= 4 is 11.8 Å². The maximum absolute atomic E-state index is 12.2. The van der Waals surface area contributed by atoms with E-state index in [0.29, 0.717) is 6.54 Å². The van der Waals surface area contributed by atoms with Gasteiger partial charge in [-0.15, -0.1) is 0 Å². The zero-order valence-corrected chi connectivity index (χ0v) is 17.5. The van der Waals surface area contributed by atoms with E-state index in [1.165, 1.54) is 51.4 Å². The van der Waals surface area contributed by atoms with Crippen LogP contribution in [0.4, 0.5) is 10.6 Å². The van der Waals surface area contributed by atoms with E-state index in [1.54, 1.807) is 0 Å². The summed E-state index contributed by atoms with van der Waals surface area (Å²) >= 11 is 0. The van der Waals surface area contributed by atoms with Gasteiger partial charge in [0.2, 0.25) is 0 Å². The van der Waals surface area contributed by atoms with E-state index in [4.69, 9.17) is 0 Å². The molecule has 0 unspecified atom stereocenters. The Balaban J connectivity index is 1.35. The molecule has 1 saturated heterocycles. The molecule has 1 saturated carbocycles. The van der Waals surface area contributed by atoms with Gasteiger partial charge in [-0.3, -0.25) is 0 Å². The fourth-order valence-corrected chi connectivity index (χ4v) is 4.43. The van der Waals surface area contributed by atoms with Crippen molar-refractivity contribution in [1.29, 1.82) is 0 Å². The van der Waals surface area contributed by atoms with Gasteiger partial charge in [-0.1, -0.05) is 25.3 Å². The van der Waals surface area contributed by atoms with Crippen LogP contribution in [0.5, 0.6) is 0 Å². The fraction of sp³-hybridized carbons (Fsp3) is 0.727. The Morgan fingerprint density at radius 2 is 1.89 bits per heavy atom. The van der Waals surface area contributed by atoms with E-state index >= 15 is 0 Å². The van der Waals surface area contributed by atoms with Crippen molar-refractivity contribution in [1.82, 2.24) is 20.5 Å². The van der Waals surface area contributed by atoms with Crippen molar-refractivity contribution in [2.45, 2.75) is 70.4 Å². The summed E-state index contributed by atoms with van der Waals surface area (Å²) in [4.78, 5) is 21.6. The third-order valence-corrected chi connectivity index (χ3v) is 6.13. The van der Waals surface area contributed by atoms with Crippen LogP contribution in [0.3, 0.4) is 0 Å². The highest BCUT2D eigenvalue weighted by molar-refractivity contribution is 5.74. The molecule has 28 heavy (non-hydrogen) atoms. The molecule has 156 valence electrons. The first-order valence-corrected chi connectivity index (χ1v) is 11.1. The van der Waals surface area contributed by atoms with Gasteiger partial charge in [0.1, 0.15) is 5.82 Å². The lowest BCUT2D eigenvalue weighted by atomic mass is 9.94. The monoisotopic (exact) mass is 387 g/mol. The molecule has 1 aliphatic carbocycles. The maximum Gasteiger partial charge on any atom is 0.315 e. The van der Waals surface area contributed by atoms with Crippen molar-refractivity contribution in [2.24, 2.45) is 0 Å². The highest BCUT2D eigenvalue weighted by Crippen LogP contribution is 2.22. The molecule has 6 nitrogen and oxygen atoms in total. The smallest absolute Gasteiger partial charge is 0.315 e. The van der Waals surface area contributed by atoms with Crippen LogP contribution >= 0.6 is 0 Å². The molecule has 2 N–H and O–H groups in total. The Labute approximate surface area is 170 Å². The molecule has 6 heteroatoms. The molecule has 1 aromatic heterocycles. The molecule has 2 heterocycles. The molecule has 1 aromatic rings. The number of urea groups is 1. The minimum atomic E-state index is -0.0891. The normalized spacial score (nSPS) is 18.3. The molecule has 0 atom stereocenters. The SMILES string of the molecule is CN(CCCNC(=O)NCc1cccnc1N1CCCCC1)C1CCCCC1. The summed E-state index contributed by atoms with van der Waals surface area (Å²) in [6.07, 6.45) is 13.4.